The summed E-state index contributed by atoms with van der Waals surface area (Å²) in [6.45, 7) is 0.0711. The molecule has 3 rings (SSSR count). The molecule has 0 saturated heterocycles. The van der Waals surface area contributed by atoms with Crippen LogP contribution in [-0.4, -0.2) is 27.3 Å². The molecule has 0 bridgehead atoms. The maximum absolute atomic E-state index is 12.2. The molecule has 0 aliphatic rings. The van der Waals surface area contributed by atoms with E-state index < -0.39 is 12.0 Å². The number of hydrogen-bond acceptors (Lipinski definition) is 5. The number of hydrogen-bond donors (Lipinski definition) is 2. The van der Waals surface area contributed by atoms with Crippen molar-refractivity contribution in [2.24, 2.45) is 0 Å². The van der Waals surface area contributed by atoms with Crippen molar-refractivity contribution in [3.63, 3.8) is 0 Å². The zero-order valence-corrected chi connectivity index (χ0v) is 13.4. The number of nitrogens with zero attached hydrogens (tertiary/aromatic N) is 2. The standard InChI is InChI=1S/C17H15N3O3S/c21-15(12-8-9-24-11-12)10-18-17(23)14-6-7-16(22)20(19-14)13-4-2-1-3-5-13/h1-9,11,15,21H,10H2,(H,18,23). The van der Waals surface area contributed by atoms with Gasteiger partial charge in [0, 0.05) is 12.6 Å². The molecule has 1 amide bonds. The number of nitrogens with one attached hydrogen (secondary N) is 1. The summed E-state index contributed by atoms with van der Waals surface area (Å²) in [5.74, 6) is -0.450. The number of benzene rings is 1. The Kier molecular flexibility index (Phi) is 4.83. The van der Waals surface area contributed by atoms with Crippen LogP contribution in [0.2, 0.25) is 0 Å². The van der Waals surface area contributed by atoms with E-state index in [9.17, 15) is 14.7 Å². The Morgan fingerprint density at radius 3 is 2.71 bits per heavy atom. The van der Waals surface area contributed by atoms with E-state index in [0.29, 0.717) is 5.69 Å². The van der Waals surface area contributed by atoms with Crippen molar-refractivity contribution < 1.29 is 9.90 Å². The van der Waals surface area contributed by atoms with Gasteiger partial charge >= 0.3 is 0 Å². The fourth-order valence-electron chi connectivity index (χ4n) is 2.15. The highest BCUT2D eigenvalue weighted by molar-refractivity contribution is 7.07. The lowest BCUT2D eigenvalue weighted by Crippen LogP contribution is -2.31. The van der Waals surface area contributed by atoms with Crippen molar-refractivity contribution in [3.05, 3.63) is 80.9 Å². The first-order valence-electron chi connectivity index (χ1n) is 7.29. The van der Waals surface area contributed by atoms with Gasteiger partial charge in [-0.2, -0.15) is 21.1 Å². The van der Waals surface area contributed by atoms with Gasteiger partial charge in [-0.05, 0) is 40.6 Å². The lowest BCUT2D eigenvalue weighted by molar-refractivity contribution is 0.0910. The molecule has 122 valence electrons. The Bertz CT molecular complexity index is 876. The molecule has 2 N–H and O–H groups in total. The highest BCUT2D eigenvalue weighted by Gasteiger charge is 2.13. The zero-order chi connectivity index (χ0) is 16.9. The molecule has 0 spiro atoms. The van der Waals surface area contributed by atoms with Gasteiger partial charge in [0.05, 0.1) is 11.8 Å². The van der Waals surface area contributed by atoms with E-state index in [0.717, 1.165) is 5.56 Å². The number of para-hydroxylation sites is 1. The van der Waals surface area contributed by atoms with Crippen LogP contribution in [0, 0.1) is 0 Å². The normalized spacial score (nSPS) is 11.9. The predicted molar refractivity (Wildman–Crippen MR) is 91.4 cm³/mol. The second-order valence-corrected chi connectivity index (χ2v) is 5.87. The van der Waals surface area contributed by atoms with Gasteiger partial charge in [-0.25, -0.2) is 0 Å². The number of aliphatic hydroxyl groups excluding tert-OH is 1. The molecule has 1 unspecified atom stereocenters. The van der Waals surface area contributed by atoms with Gasteiger partial charge in [-0.1, -0.05) is 18.2 Å². The first-order chi connectivity index (χ1) is 11.6. The van der Waals surface area contributed by atoms with Crippen LogP contribution in [-0.2, 0) is 0 Å². The molecule has 0 aliphatic carbocycles. The van der Waals surface area contributed by atoms with E-state index in [-0.39, 0.29) is 17.8 Å². The molecule has 7 heteroatoms. The summed E-state index contributed by atoms with van der Waals surface area (Å²) < 4.78 is 1.17. The van der Waals surface area contributed by atoms with E-state index in [1.54, 1.807) is 30.3 Å². The van der Waals surface area contributed by atoms with Crippen LogP contribution in [0.4, 0.5) is 0 Å². The Labute approximate surface area is 142 Å². The SMILES string of the molecule is O=C(NCC(O)c1ccsc1)c1ccc(=O)n(-c2ccccc2)n1. The summed E-state index contributed by atoms with van der Waals surface area (Å²) in [5, 5.41) is 20.4. The smallest absolute Gasteiger partial charge is 0.271 e. The molecule has 0 aliphatic heterocycles. The number of amides is 1. The van der Waals surface area contributed by atoms with Gasteiger partial charge in [0.15, 0.2) is 0 Å². The minimum atomic E-state index is -0.778. The molecular formula is C17H15N3O3S. The van der Waals surface area contributed by atoms with Gasteiger partial charge in [0.2, 0.25) is 0 Å². The minimum absolute atomic E-state index is 0.0711. The van der Waals surface area contributed by atoms with Crippen LogP contribution in [0.15, 0.2) is 64.1 Å². The third-order valence-electron chi connectivity index (χ3n) is 3.42. The Balaban J connectivity index is 1.75. The first-order valence-corrected chi connectivity index (χ1v) is 8.23. The number of carbonyl (C=O) groups is 1. The quantitative estimate of drug-likeness (QED) is 0.741. The average Bonchev–Trinajstić information content (AvgIpc) is 3.15. The number of thiophene rings is 1. The summed E-state index contributed by atoms with van der Waals surface area (Å²) in [7, 11) is 0. The average molecular weight is 341 g/mol. The van der Waals surface area contributed by atoms with Crippen LogP contribution in [0.3, 0.4) is 0 Å². The van der Waals surface area contributed by atoms with Crippen LogP contribution in [0.25, 0.3) is 5.69 Å². The van der Waals surface area contributed by atoms with E-state index in [1.165, 1.54) is 28.2 Å². The Hall–Kier alpha value is -2.77. The molecule has 0 radical (unpaired) electrons. The van der Waals surface area contributed by atoms with Crippen molar-refractivity contribution in [2.75, 3.05) is 6.54 Å². The van der Waals surface area contributed by atoms with Crippen LogP contribution < -0.4 is 10.9 Å². The van der Waals surface area contributed by atoms with E-state index in [4.69, 9.17) is 0 Å². The van der Waals surface area contributed by atoms with Crippen molar-refractivity contribution >= 4 is 17.2 Å². The summed E-state index contributed by atoms with van der Waals surface area (Å²) in [5.41, 5.74) is 1.12. The molecule has 1 aromatic carbocycles. The largest absolute Gasteiger partial charge is 0.387 e. The molecule has 3 aromatic rings. The zero-order valence-electron chi connectivity index (χ0n) is 12.6. The highest BCUT2D eigenvalue weighted by atomic mass is 32.1. The molecule has 1 atom stereocenters. The molecule has 0 fully saturated rings. The van der Waals surface area contributed by atoms with E-state index >= 15 is 0 Å². The lowest BCUT2D eigenvalue weighted by atomic mass is 10.2. The fourth-order valence-corrected chi connectivity index (χ4v) is 2.86. The first kappa shape index (κ1) is 16.1. The summed E-state index contributed by atoms with van der Waals surface area (Å²) in [4.78, 5) is 24.2. The van der Waals surface area contributed by atoms with Crippen LogP contribution >= 0.6 is 11.3 Å². The van der Waals surface area contributed by atoms with Crippen molar-refractivity contribution in [3.8, 4) is 5.69 Å². The minimum Gasteiger partial charge on any atom is -0.387 e. The monoisotopic (exact) mass is 341 g/mol. The second kappa shape index (κ2) is 7.20. The molecular weight excluding hydrogens is 326 g/mol. The van der Waals surface area contributed by atoms with Crippen molar-refractivity contribution in [2.45, 2.75) is 6.10 Å². The molecule has 2 heterocycles. The number of carbonyl (C=O) groups excluding carboxylic acids is 1. The van der Waals surface area contributed by atoms with Crippen molar-refractivity contribution in [1.82, 2.24) is 15.1 Å². The van der Waals surface area contributed by atoms with Gasteiger partial charge < -0.3 is 10.4 Å². The van der Waals surface area contributed by atoms with Crippen LogP contribution in [0.1, 0.15) is 22.2 Å². The Morgan fingerprint density at radius 1 is 1.21 bits per heavy atom. The highest BCUT2D eigenvalue weighted by Crippen LogP contribution is 2.15. The molecule has 0 saturated carbocycles. The number of rotatable bonds is 5. The van der Waals surface area contributed by atoms with Gasteiger partial charge in [-0.3, -0.25) is 9.59 Å². The van der Waals surface area contributed by atoms with E-state index in [1.807, 2.05) is 16.8 Å². The predicted octanol–water partition coefficient (Wildman–Crippen LogP) is 1.76. The van der Waals surface area contributed by atoms with Gasteiger partial charge in [0.1, 0.15) is 5.69 Å². The third kappa shape index (κ3) is 3.58. The van der Waals surface area contributed by atoms with Gasteiger partial charge in [0.25, 0.3) is 11.5 Å². The third-order valence-corrected chi connectivity index (χ3v) is 4.12. The lowest BCUT2D eigenvalue weighted by Gasteiger charge is -2.11. The topological polar surface area (TPSA) is 84.2 Å². The maximum atomic E-state index is 12.2. The summed E-state index contributed by atoms with van der Waals surface area (Å²) >= 11 is 1.48. The number of aliphatic hydroxyl groups is 1. The fraction of sp³-hybridized carbons (Fsp3) is 0.118. The van der Waals surface area contributed by atoms with Crippen LogP contribution in [0.5, 0.6) is 0 Å². The summed E-state index contributed by atoms with van der Waals surface area (Å²) in [6, 6.07) is 13.3. The van der Waals surface area contributed by atoms with Crippen molar-refractivity contribution in [1.29, 1.82) is 0 Å². The Morgan fingerprint density at radius 2 is 2.00 bits per heavy atom. The molecule has 24 heavy (non-hydrogen) atoms. The van der Waals surface area contributed by atoms with E-state index in [2.05, 4.69) is 10.4 Å². The van der Waals surface area contributed by atoms with Gasteiger partial charge in [-0.15, -0.1) is 0 Å². The number of aromatic nitrogens is 2. The molecule has 2 aromatic heterocycles. The summed E-state index contributed by atoms with van der Waals surface area (Å²) in [6.07, 6.45) is -0.778. The maximum Gasteiger partial charge on any atom is 0.271 e. The second-order valence-electron chi connectivity index (χ2n) is 5.09. The molecule has 6 nitrogen and oxygen atoms in total.